The van der Waals surface area contributed by atoms with E-state index in [-0.39, 0.29) is 6.54 Å². The van der Waals surface area contributed by atoms with Gasteiger partial charge in [-0.1, -0.05) is 22.9 Å². The molecule has 160 valence electrons. The first-order valence-corrected chi connectivity index (χ1v) is 10.1. The molecular weight excluding hydrogens is 422 g/mol. The van der Waals surface area contributed by atoms with Crippen LogP contribution in [0.5, 0.6) is 5.75 Å². The third kappa shape index (κ3) is 3.96. The van der Waals surface area contributed by atoms with Crippen molar-refractivity contribution in [3.05, 3.63) is 53.1 Å². The van der Waals surface area contributed by atoms with Crippen LogP contribution >= 0.6 is 11.6 Å². The van der Waals surface area contributed by atoms with Gasteiger partial charge in [-0.2, -0.15) is 5.11 Å². The lowest BCUT2D eigenvalue weighted by molar-refractivity contribution is -0.123. The van der Waals surface area contributed by atoms with Crippen molar-refractivity contribution in [2.24, 2.45) is 10.3 Å². The summed E-state index contributed by atoms with van der Waals surface area (Å²) in [5.41, 5.74) is 1.83. The van der Waals surface area contributed by atoms with E-state index in [1.54, 1.807) is 36.4 Å². The Kier molecular flexibility index (Phi) is 5.60. The van der Waals surface area contributed by atoms with Gasteiger partial charge in [-0.05, 0) is 55.8 Å². The average molecular weight is 442 g/mol. The Morgan fingerprint density at radius 3 is 2.58 bits per heavy atom. The molecule has 2 heterocycles. The van der Waals surface area contributed by atoms with Crippen LogP contribution in [-0.4, -0.2) is 48.0 Å². The monoisotopic (exact) mass is 441 g/mol. The van der Waals surface area contributed by atoms with Gasteiger partial charge in [0.25, 0.3) is 11.8 Å². The van der Waals surface area contributed by atoms with Gasteiger partial charge in [0.1, 0.15) is 12.3 Å². The van der Waals surface area contributed by atoms with E-state index in [4.69, 9.17) is 16.3 Å². The highest BCUT2D eigenvalue weighted by molar-refractivity contribution is 6.33. The van der Waals surface area contributed by atoms with Gasteiger partial charge in [-0.3, -0.25) is 19.4 Å². The molecule has 2 aromatic rings. The highest BCUT2D eigenvalue weighted by Gasteiger charge is 2.55. The number of carbonyl (C=O) groups is 3. The molecule has 0 aromatic heterocycles. The van der Waals surface area contributed by atoms with Crippen LogP contribution in [0.4, 0.5) is 11.4 Å². The molecule has 4 rings (SSSR count). The summed E-state index contributed by atoms with van der Waals surface area (Å²) in [5, 5.41) is 12.1. The van der Waals surface area contributed by atoms with E-state index in [1.807, 2.05) is 19.9 Å². The number of hydrogen-bond acceptors (Lipinski definition) is 7. The number of benzene rings is 2. The number of fused-ring (bicyclic) bond motifs is 1. The Hall–Kier alpha value is -3.46. The van der Waals surface area contributed by atoms with Crippen molar-refractivity contribution in [2.45, 2.75) is 25.9 Å². The molecule has 2 aromatic carbocycles. The Labute approximate surface area is 183 Å². The van der Waals surface area contributed by atoms with E-state index in [9.17, 15) is 14.4 Å². The van der Waals surface area contributed by atoms with Gasteiger partial charge < -0.3 is 10.1 Å². The van der Waals surface area contributed by atoms with Crippen LogP contribution in [0.25, 0.3) is 0 Å². The van der Waals surface area contributed by atoms with Gasteiger partial charge in [-0.15, -0.1) is 0 Å². The number of imide groups is 1. The minimum atomic E-state index is -0.977. The highest BCUT2D eigenvalue weighted by Crippen LogP contribution is 2.32. The SMILES string of the molecule is CCOc1ccc(N2C(=O)[C@H]3N=NN(CC(=O)Nc4ccc(C)cc4Cl)[C@@H]3C2=O)cc1. The zero-order valence-electron chi connectivity index (χ0n) is 16.9. The van der Waals surface area contributed by atoms with Crippen LogP contribution in [0.1, 0.15) is 12.5 Å². The first kappa shape index (κ1) is 20.8. The number of rotatable bonds is 6. The van der Waals surface area contributed by atoms with Crippen molar-refractivity contribution in [3.8, 4) is 5.75 Å². The summed E-state index contributed by atoms with van der Waals surface area (Å²) >= 11 is 6.15. The summed E-state index contributed by atoms with van der Waals surface area (Å²) in [6.07, 6.45) is 0. The smallest absolute Gasteiger partial charge is 0.263 e. The maximum absolute atomic E-state index is 13.0. The molecule has 1 fully saturated rings. The molecular formula is C21H20ClN5O4. The van der Waals surface area contributed by atoms with Crippen LogP contribution < -0.4 is 15.0 Å². The normalized spacial score (nSPS) is 19.7. The first-order valence-electron chi connectivity index (χ1n) is 9.73. The van der Waals surface area contributed by atoms with Crippen LogP contribution in [0, 0.1) is 6.92 Å². The predicted molar refractivity (Wildman–Crippen MR) is 114 cm³/mol. The second kappa shape index (κ2) is 8.35. The number of halogens is 1. The van der Waals surface area contributed by atoms with Crippen LogP contribution in [0.15, 0.2) is 52.8 Å². The Morgan fingerprint density at radius 1 is 1.16 bits per heavy atom. The second-order valence-corrected chi connectivity index (χ2v) is 7.57. The molecule has 0 bridgehead atoms. The van der Waals surface area contributed by atoms with E-state index in [2.05, 4.69) is 15.7 Å². The fourth-order valence-corrected chi connectivity index (χ4v) is 3.81. The molecule has 31 heavy (non-hydrogen) atoms. The minimum Gasteiger partial charge on any atom is -0.494 e. The average Bonchev–Trinajstić information content (AvgIpc) is 3.25. The van der Waals surface area contributed by atoms with Crippen molar-refractivity contribution in [1.29, 1.82) is 0 Å². The minimum absolute atomic E-state index is 0.245. The van der Waals surface area contributed by atoms with Crippen molar-refractivity contribution in [3.63, 3.8) is 0 Å². The van der Waals surface area contributed by atoms with Gasteiger partial charge >= 0.3 is 0 Å². The third-order valence-corrected chi connectivity index (χ3v) is 5.28. The second-order valence-electron chi connectivity index (χ2n) is 7.16. The van der Waals surface area contributed by atoms with Crippen molar-refractivity contribution < 1.29 is 19.1 Å². The van der Waals surface area contributed by atoms with Gasteiger partial charge in [0.05, 0.1) is 23.0 Å². The molecule has 2 atom stereocenters. The van der Waals surface area contributed by atoms with E-state index in [0.717, 1.165) is 10.5 Å². The lowest BCUT2D eigenvalue weighted by Gasteiger charge is -2.20. The van der Waals surface area contributed by atoms with Crippen molar-refractivity contribution >= 4 is 40.7 Å². The maximum Gasteiger partial charge on any atom is 0.263 e. The molecule has 1 saturated heterocycles. The molecule has 0 spiro atoms. The Morgan fingerprint density at radius 2 is 1.90 bits per heavy atom. The molecule has 2 aliphatic rings. The molecule has 10 heteroatoms. The van der Waals surface area contributed by atoms with Crippen LogP contribution in [0.3, 0.4) is 0 Å². The fraction of sp³-hybridized carbons (Fsp3) is 0.286. The summed E-state index contributed by atoms with van der Waals surface area (Å²) < 4.78 is 5.39. The quantitative estimate of drug-likeness (QED) is 0.694. The number of nitrogens with zero attached hydrogens (tertiary/aromatic N) is 4. The number of carbonyl (C=O) groups excluding carboxylic acids is 3. The molecule has 0 unspecified atom stereocenters. The number of hydrogen-bond donors (Lipinski definition) is 1. The summed E-state index contributed by atoms with van der Waals surface area (Å²) in [6, 6.07) is 9.95. The predicted octanol–water partition coefficient (Wildman–Crippen LogP) is 2.98. The van der Waals surface area contributed by atoms with E-state index in [1.165, 1.54) is 5.01 Å². The fourth-order valence-electron chi connectivity index (χ4n) is 3.52. The van der Waals surface area contributed by atoms with E-state index < -0.39 is 29.8 Å². The molecule has 1 N–H and O–H groups in total. The number of anilines is 2. The van der Waals surface area contributed by atoms with Crippen molar-refractivity contribution in [2.75, 3.05) is 23.4 Å². The molecule has 2 aliphatic heterocycles. The Balaban J connectivity index is 1.47. The number of nitrogens with one attached hydrogen (secondary N) is 1. The summed E-state index contributed by atoms with van der Waals surface area (Å²) in [7, 11) is 0. The lowest BCUT2D eigenvalue weighted by atomic mass is 10.1. The van der Waals surface area contributed by atoms with Crippen LogP contribution in [-0.2, 0) is 14.4 Å². The van der Waals surface area contributed by atoms with Gasteiger partial charge in [0.2, 0.25) is 5.91 Å². The van der Waals surface area contributed by atoms with Gasteiger partial charge in [0.15, 0.2) is 12.1 Å². The van der Waals surface area contributed by atoms with Crippen molar-refractivity contribution in [1.82, 2.24) is 5.01 Å². The highest BCUT2D eigenvalue weighted by atomic mass is 35.5. The molecule has 3 amide bonds. The summed E-state index contributed by atoms with van der Waals surface area (Å²) in [4.78, 5) is 39.4. The zero-order chi connectivity index (χ0) is 22.1. The number of ether oxygens (including phenoxy) is 1. The molecule has 9 nitrogen and oxygen atoms in total. The number of amides is 3. The van der Waals surface area contributed by atoms with E-state index >= 15 is 0 Å². The largest absolute Gasteiger partial charge is 0.494 e. The van der Waals surface area contributed by atoms with E-state index in [0.29, 0.717) is 28.8 Å². The standard InChI is InChI=1S/C21H20ClN5O4/c1-3-31-14-7-5-13(6-8-14)27-20(29)18-19(21(27)30)26(25-24-18)11-17(28)23-16-9-4-12(2)10-15(16)22/h4-10,18-19H,3,11H2,1-2H3,(H,23,28)/t18-,19-/m0/s1. The molecule has 0 radical (unpaired) electrons. The summed E-state index contributed by atoms with van der Waals surface area (Å²) in [5.74, 6) is -0.749. The molecule has 0 saturated carbocycles. The summed E-state index contributed by atoms with van der Waals surface area (Å²) in [6.45, 7) is 4.02. The lowest BCUT2D eigenvalue weighted by Crippen LogP contribution is -2.43. The Bertz CT molecular complexity index is 1070. The third-order valence-electron chi connectivity index (χ3n) is 4.97. The zero-order valence-corrected chi connectivity index (χ0v) is 17.7. The maximum atomic E-state index is 13.0. The van der Waals surface area contributed by atoms with Gasteiger partial charge in [0, 0.05) is 0 Å². The number of aryl methyl sites for hydroxylation is 1. The molecule has 0 aliphatic carbocycles. The van der Waals surface area contributed by atoms with Crippen LogP contribution in [0.2, 0.25) is 5.02 Å². The van der Waals surface area contributed by atoms with Gasteiger partial charge in [-0.25, -0.2) is 4.90 Å². The topological polar surface area (TPSA) is 104 Å². The first-order chi connectivity index (χ1) is 14.9.